The molecule has 0 heterocycles. The lowest BCUT2D eigenvalue weighted by Gasteiger charge is -2.18. The molecule has 2 aromatic carbocycles. The van der Waals surface area contributed by atoms with Crippen LogP contribution in [0, 0.1) is 0 Å². The number of nitrogens with one attached hydrogen (secondary N) is 2. The Morgan fingerprint density at radius 1 is 1.07 bits per heavy atom. The van der Waals surface area contributed by atoms with Crippen molar-refractivity contribution in [1.82, 2.24) is 10.6 Å². The van der Waals surface area contributed by atoms with Crippen LogP contribution in [-0.4, -0.2) is 35.4 Å². The predicted molar refractivity (Wildman–Crippen MR) is 119 cm³/mol. The van der Waals surface area contributed by atoms with Gasteiger partial charge in [-0.05, 0) is 42.0 Å². The van der Waals surface area contributed by atoms with Crippen LogP contribution in [0.5, 0.6) is 0 Å². The van der Waals surface area contributed by atoms with E-state index < -0.39 is 23.8 Å². The molecule has 158 valence electrons. The SMILES string of the molecule is NC(N)=Nc1cccc(C(=O)NCC(=O)NC(CC(=O)O)c2cc(Br)cc(Br)c2)c1. The third-order valence-electron chi connectivity index (χ3n) is 3.78. The highest BCUT2D eigenvalue weighted by atomic mass is 79.9. The van der Waals surface area contributed by atoms with Gasteiger partial charge < -0.3 is 27.2 Å². The molecule has 11 heteroatoms. The van der Waals surface area contributed by atoms with Crippen LogP contribution in [0.15, 0.2) is 56.4 Å². The Balaban J connectivity index is 2.04. The zero-order valence-electron chi connectivity index (χ0n) is 15.6. The zero-order valence-corrected chi connectivity index (χ0v) is 18.7. The Labute approximate surface area is 189 Å². The maximum Gasteiger partial charge on any atom is 0.305 e. The first kappa shape index (κ1) is 23.4. The number of halogens is 2. The molecule has 0 aromatic heterocycles. The number of carbonyl (C=O) groups is 3. The molecule has 2 aromatic rings. The number of nitrogens with zero attached hydrogens (tertiary/aromatic N) is 1. The Kier molecular flexibility index (Phi) is 8.36. The third-order valence-corrected chi connectivity index (χ3v) is 4.69. The smallest absolute Gasteiger partial charge is 0.305 e. The molecule has 0 spiro atoms. The van der Waals surface area contributed by atoms with Gasteiger partial charge in [-0.15, -0.1) is 0 Å². The minimum atomic E-state index is -1.07. The van der Waals surface area contributed by atoms with Crippen LogP contribution in [0.25, 0.3) is 0 Å². The van der Waals surface area contributed by atoms with Gasteiger partial charge in [-0.3, -0.25) is 14.4 Å². The molecule has 9 nitrogen and oxygen atoms in total. The predicted octanol–water partition coefficient (Wildman–Crippen LogP) is 2.18. The molecule has 7 N–H and O–H groups in total. The molecule has 0 saturated heterocycles. The van der Waals surface area contributed by atoms with E-state index in [2.05, 4.69) is 47.5 Å². The number of carbonyl (C=O) groups excluding carboxylic acids is 2. The Hall–Kier alpha value is -2.92. The molecule has 1 unspecified atom stereocenters. The summed E-state index contributed by atoms with van der Waals surface area (Å²) in [6.07, 6.45) is -0.316. The van der Waals surface area contributed by atoms with Gasteiger partial charge in [0.15, 0.2) is 5.96 Å². The average Bonchev–Trinajstić information content (AvgIpc) is 2.64. The highest BCUT2D eigenvalue weighted by molar-refractivity contribution is 9.11. The molecule has 0 saturated carbocycles. The number of hydrogen-bond donors (Lipinski definition) is 5. The van der Waals surface area contributed by atoms with E-state index in [9.17, 15) is 19.5 Å². The van der Waals surface area contributed by atoms with E-state index in [1.54, 1.807) is 36.4 Å². The molecule has 30 heavy (non-hydrogen) atoms. The lowest BCUT2D eigenvalue weighted by atomic mass is 10.0. The van der Waals surface area contributed by atoms with Gasteiger partial charge in [0.2, 0.25) is 5.91 Å². The van der Waals surface area contributed by atoms with Crippen molar-refractivity contribution in [2.75, 3.05) is 6.54 Å². The van der Waals surface area contributed by atoms with Gasteiger partial charge in [-0.25, -0.2) is 4.99 Å². The number of carboxylic acid groups (broad SMARTS) is 1. The average molecular weight is 541 g/mol. The number of benzene rings is 2. The molecule has 1 atom stereocenters. The first-order valence-electron chi connectivity index (χ1n) is 8.59. The van der Waals surface area contributed by atoms with E-state index in [0.29, 0.717) is 11.3 Å². The van der Waals surface area contributed by atoms with Gasteiger partial charge in [-0.2, -0.15) is 0 Å². The number of aliphatic imine (C=N–C) groups is 1. The molecule has 2 amide bonds. The van der Waals surface area contributed by atoms with Crippen LogP contribution >= 0.6 is 31.9 Å². The molecule has 0 aliphatic rings. The zero-order chi connectivity index (χ0) is 22.3. The normalized spacial score (nSPS) is 11.3. The van der Waals surface area contributed by atoms with Crippen LogP contribution in [0.2, 0.25) is 0 Å². The van der Waals surface area contributed by atoms with E-state index >= 15 is 0 Å². The number of nitrogens with two attached hydrogens (primary N) is 2. The summed E-state index contributed by atoms with van der Waals surface area (Å²) in [6, 6.07) is 10.7. The van der Waals surface area contributed by atoms with E-state index in [-0.39, 0.29) is 24.5 Å². The van der Waals surface area contributed by atoms with E-state index in [4.69, 9.17) is 11.5 Å². The van der Waals surface area contributed by atoms with Crippen molar-refractivity contribution in [3.8, 4) is 0 Å². The first-order chi connectivity index (χ1) is 14.1. The molecular weight excluding hydrogens is 522 g/mol. The van der Waals surface area contributed by atoms with Gasteiger partial charge in [-0.1, -0.05) is 37.9 Å². The molecule has 0 aliphatic carbocycles. The number of guanidine groups is 1. The van der Waals surface area contributed by atoms with Gasteiger partial charge in [0.05, 0.1) is 24.7 Å². The van der Waals surface area contributed by atoms with Crippen LogP contribution in [0.4, 0.5) is 5.69 Å². The number of rotatable bonds is 8. The van der Waals surface area contributed by atoms with Crippen LogP contribution in [-0.2, 0) is 9.59 Å². The Morgan fingerprint density at radius 2 is 1.73 bits per heavy atom. The second-order valence-electron chi connectivity index (χ2n) is 6.19. The van der Waals surface area contributed by atoms with Gasteiger partial charge in [0.1, 0.15) is 0 Å². The van der Waals surface area contributed by atoms with E-state index in [0.717, 1.165) is 8.95 Å². The molecule has 2 rings (SSSR count). The molecule has 0 aliphatic heterocycles. The minimum absolute atomic E-state index is 0.143. The fourth-order valence-corrected chi connectivity index (χ4v) is 3.91. The van der Waals surface area contributed by atoms with Crippen molar-refractivity contribution in [2.24, 2.45) is 16.5 Å². The maximum absolute atomic E-state index is 12.3. The fraction of sp³-hybridized carbons (Fsp3) is 0.158. The quantitative estimate of drug-likeness (QED) is 0.255. The van der Waals surface area contributed by atoms with Crippen molar-refractivity contribution in [2.45, 2.75) is 12.5 Å². The van der Waals surface area contributed by atoms with Crippen molar-refractivity contribution >= 4 is 61.3 Å². The van der Waals surface area contributed by atoms with Gasteiger partial charge in [0.25, 0.3) is 5.91 Å². The lowest BCUT2D eigenvalue weighted by Crippen LogP contribution is -2.39. The minimum Gasteiger partial charge on any atom is -0.481 e. The van der Waals surface area contributed by atoms with Crippen molar-refractivity contribution in [1.29, 1.82) is 0 Å². The number of carboxylic acids is 1. The first-order valence-corrected chi connectivity index (χ1v) is 10.2. The molecule has 0 radical (unpaired) electrons. The Morgan fingerprint density at radius 3 is 2.33 bits per heavy atom. The summed E-state index contributed by atoms with van der Waals surface area (Å²) >= 11 is 6.68. The maximum atomic E-state index is 12.3. The lowest BCUT2D eigenvalue weighted by molar-refractivity contribution is -0.137. The van der Waals surface area contributed by atoms with Crippen LogP contribution in [0.1, 0.15) is 28.4 Å². The van der Waals surface area contributed by atoms with Gasteiger partial charge >= 0.3 is 5.97 Å². The summed E-state index contributed by atoms with van der Waals surface area (Å²) in [6.45, 7) is -0.337. The number of aliphatic carboxylic acids is 1. The monoisotopic (exact) mass is 539 g/mol. The topological polar surface area (TPSA) is 160 Å². The second kappa shape index (κ2) is 10.7. The summed E-state index contributed by atoms with van der Waals surface area (Å²) in [5, 5.41) is 14.3. The molecule has 0 bridgehead atoms. The summed E-state index contributed by atoms with van der Waals surface area (Å²) in [5.41, 5.74) is 11.9. The van der Waals surface area contributed by atoms with Crippen LogP contribution in [0.3, 0.4) is 0 Å². The number of amides is 2. The van der Waals surface area contributed by atoms with Gasteiger partial charge in [0, 0.05) is 14.5 Å². The second-order valence-corrected chi connectivity index (χ2v) is 8.02. The molecule has 0 fully saturated rings. The standard InChI is InChI=1S/C19H19Br2N5O4/c20-12-4-11(5-13(21)7-12)15(8-17(28)29)26-16(27)9-24-18(30)10-2-1-3-14(6-10)25-19(22)23/h1-7,15H,8-9H2,(H,24,30)(H,26,27)(H,28,29)(H4,22,23,25). The summed E-state index contributed by atoms with van der Waals surface area (Å²) in [4.78, 5) is 39.7. The third kappa shape index (κ3) is 7.48. The fourth-order valence-electron chi connectivity index (χ4n) is 2.58. The van der Waals surface area contributed by atoms with E-state index in [1.807, 2.05) is 0 Å². The number of hydrogen-bond acceptors (Lipinski definition) is 4. The van der Waals surface area contributed by atoms with Crippen molar-refractivity contribution < 1.29 is 19.5 Å². The van der Waals surface area contributed by atoms with E-state index in [1.165, 1.54) is 6.07 Å². The van der Waals surface area contributed by atoms with Crippen molar-refractivity contribution in [3.05, 3.63) is 62.5 Å². The summed E-state index contributed by atoms with van der Waals surface area (Å²) in [5.74, 6) is -2.25. The summed E-state index contributed by atoms with van der Waals surface area (Å²) in [7, 11) is 0. The van der Waals surface area contributed by atoms with Crippen LogP contribution < -0.4 is 22.1 Å². The summed E-state index contributed by atoms with van der Waals surface area (Å²) < 4.78 is 1.45. The largest absolute Gasteiger partial charge is 0.481 e. The Bertz CT molecular complexity index is 972. The molecular formula is C19H19Br2N5O4. The van der Waals surface area contributed by atoms with Crippen molar-refractivity contribution in [3.63, 3.8) is 0 Å². The highest BCUT2D eigenvalue weighted by Gasteiger charge is 2.19. The highest BCUT2D eigenvalue weighted by Crippen LogP contribution is 2.26.